The van der Waals surface area contributed by atoms with Crippen molar-refractivity contribution in [3.63, 3.8) is 0 Å². The van der Waals surface area contributed by atoms with Crippen LogP contribution in [0.25, 0.3) is 0 Å². The fourth-order valence-corrected chi connectivity index (χ4v) is 3.43. The van der Waals surface area contributed by atoms with E-state index in [2.05, 4.69) is 37.8 Å². The predicted octanol–water partition coefficient (Wildman–Crippen LogP) is 5.03. The van der Waals surface area contributed by atoms with Crippen molar-refractivity contribution in [3.8, 4) is 5.75 Å². The van der Waals surface area contributed by atoms with Gasteiger partial charge in [0.05, 0.1) is 5.60 Å². The molecule has 3 nitrogen and oxygen atoms in total. The monoisotopic (exact) mass is 369 g/mol. The van der Waals surface area contributed by atoms with Gasteiger partial charge in [-0.1, -0.05) is 76.1 Å². The molecule has 0 aliphatic carbocycles. The van der Waals surface area contributed by atoms with Crippen molar-refractivity contribution >= 4 is 0 Å². The molecular weight excluding hydrogens is 334 g/mol. The molecule has 148 valence electrons. The summed E-state index contributed by atoms with van der Waals surface area (Å²) in [6, 6.07) is 18.3. The normalized spacial score (nSPS) is 13.5. The smallest absolute Gasteiger partial charge is 0.119 e. The van der Waals surface area contributed by atoms with E-state index in [-0.39, 0.29) is 0 Å². The highest BCUT2D eigenvalue weighted by atomic mass is 16.5. The van der Waals surface area contributed by atoms with E-state index in [1.807, 2.05) is 42.5 Å². The van der Waals surface area contributed by atoms with E-state index in [0.717, 1.165) is 55.8 Å². The van der Waals surface area contributed by atoms with Gasteiger partial charge in [0, 0.05) is 13.0 Å². The number of rotatable bonds is 12. The van der Waals surface area contributed by atoms with Crippen molar-refractivity contribution in [1.82, 2.24) is 4.90 Å². The molecular formula is C24H35NO2. The molecule has 3 heteroatoms. The Morgan fingerprint density at radius 2 is 1.59 bits per heavy atom. The highest BCUT2D eigenvalue weighted by Crippen LogP contribution is 2.32. The molecule has 27 heavy (non-hydrogen) atoms. The molecule has 0 amide bonds. The standard InChI is InChI=1S/C24H35NO2/c1-4-7-17-24(26,20-21-11-9-8-10-12-21)22-13-15-23(16-14-22)27-19-18-25(5-2)6-3/h8-16,26H,4-7,17-20H2,1-3H3/t24-/m0/s1. The Hall–Kier alpha value is -1.84. The van der Waals surface area contributed by atoms with Crippen LogP contribution in [0.2, 0.25) is 0 Å². The van der Waals surface area contributed by atoms with E-state index in [1.54, 1.807) is 0 Å². The molecule has 0 saturated heterocycles. The largest absolute Gasteiger partial charge is 0.492 e. The molecule has 2 rings (SSSR count). The Morgan fingerprint density at radius 3 is 2.19 bits per heavy atom. The summed E-state index contributed by atoms with van der Waals surface area (Å²) in [6.07, 6.45) is 3.48. The lowest BCUT2D eigenvalue weighted by atomic mass is 9.83. The summed E-state index contributed by atoms with van der Waals surface area (Å²) < 4.78 is 5.88. The third kappa shape index (κ3) is 6.67. The van der Waals surface area contributed by atoms with Crippen molar-refractivity contribution < 1.29 is 9.84 Å². The van der Waals surface area contributed by atoms with Gasteiger partial charge < -0.3 is 14.7 Å². The summed E-state index contributed by atoms with van der Waals surface area (Å²) in [5.41, 5.74) is 1.29. The van der Waals surface area contributed by atoms with Gasteiger partial charge in [-0.15, -0.1) is 0 Å². The molecule has 2 aromatic carbocycles. The highest BCUT2D eigenvalue weighted by Gasteiger charge is 2.29. The fourth-order valence-electron chi connectivity index (χ4n) is 3.43. The van der Waals surface area contributed by atoms with Crippen molar-refractivity contribution in [2.45, 2.75) is 52.1 Å². The van der Waals surface area contributed by atoms with E-state index >= 15 is 0 Å². The number of nitrogens with zero attached hydrogens (tertiary/aromatic N) is 1. The Morgan fingerprint density at radius 1 is 0.926 bits per heavy atom. The van der Waals surface area contributed by atoms with E-state index in [1.165, 1.54) is 0 Å². The fraction of sp³-hybridized carbons (Fsp3) is 0.500. The maximum absolute atomic E-state index is 11.4. The van der Waals surface area contributed by atoms with Crippen molar-refractivity contribution in [2.24, 2.45) is 0 Å². The third-order valence-corrected chi connectivity index (χ3v) is 5.25. The number of benzene rings is 2. The summed E-state index contributed by atoms with van der Waals surface area (Å²) in [6.45, 7) is 10.2. The van der Waals surface area contributed by atoms with E-state index < -0.39 is 5.60 Å². The number of hydrogen-bond acceptors (Lipinski definition) is 3. The van der Waals surface area contributed by atoms with Crippen molar-refractivity contribution in [1.29, 1.82) is 0 Å². The van der Waals surface area contributed by atoms with Crippen LogP contribution in [0.5, 0.6) is 5.75 Å². The molecule has 0 bridgehead atoms. The third-order valence-electron chi connectivity index (χ3n) is 5.25. The average Bonchev–Trinajstić information content (AvgIpc) is 2.71. The number of aliphatic hydroxyl groups is 1. The van der Waals surface area contributed by atoms with Crippen LogP contribution in [0, 0.1) is 0 Å². The van der Waals surface area contributed by atoms with Gasteiger partial charge in [0.15, 0.2) is 0 Å². The maximum Gasteiger partial charge on any atom is 0.119 e. The van der Waals surface area contributed by atoms with Crippen molar-refractivity contribution in [2.75, 3.05) is 26.2 Å². The van der Waals surface area contributed by atoms with Gasteiger partial charge in [0.2, 0.25) is 0 Å². The van der Waals surface area contributed by atoms with Gasteiger partial charge in [-0.2, -0.15) is 0 Å². The van der Waals surface area contributed by atoms with Crippen LogP contribution in [0.1, 0.15) is 51.2 Å². The first kappa shape index (κ1) is 21.5. The number of likely N-dealkylation sites (N-methyl/N-ethyl adjacent to an activating group) is 1. The van der Waals surface area contributed by atoms with Crippen LogP contribution in [-0.2, 0) is 12.0 Å². The number of unbranched alkanes of at least 4 members (excludes halogenated alkanes) is 1. The molecule has 1 N–H and O–H groups in total. The summed E-state index contributed by atoms with van der Waals surface area (Å²) in [7, 11) is 0. The highest BCUT2D eigenvalue weighted by molar-refractivity contribution is 5.32. The summed E-state index contributed by atoms with van der Waals surface area (Å²) in [4.78, 5) is 2.34. The molecule has 0 radical (unpaired) electrons. The van der Waals surface area contributed by atoms with E-state index in [9.17, 15) is 5.11 Å². The van der Waals surface area contributed by atoms with Gasteiger partial charge >= 0.3 is 0 Å². The van der Waals surface area contributed by atoms with Gasteiger partial charge in [-0.25, -0.2) is 0 Å². The summed E-state index contributed by atoms with van der Waals surface area (Å²) in [5.74, 6) is 0.864. The Bertz CT molecular complexity index is 637. The van der Waals surface area contributed by atoms with Crippen LogP contribution in [0.4, 0.5) is 0 Å². The minimum Gasteiger partial charge on any atom is -0.492 e. The SMILES string of the molecule is CCCC[C@](O)(Cc1ccccc1)c1ccc(OCCN(CC)CC)cc1. The second kappa shape index (κ2) is 11.1. The topological polar surface area (TPSA) is 32.7 Å². The molecule has 0 aliphatic rings. The molecule has 0 heterocycles. The van der Waals surface area contributed by atoms with Crippen molar-refractivity contribution in [3.05, 3.63) is 65.7 Å². The first-order valence-corrected chi connectivity index (χ1v) is 10.3. The Kier molecular flexibility index (Phi) is 8.83. The zero-order valence-corrected chi connectivity index (χ0v) is 17.2. The predicted molar refractivity (Wildman–Crippen MR) is 113 cm³/mol. The molecule has 0 saturated carbocycles. The average molecular weight is 370 g/mol. The maximum atomic E-state index is 11.4. The quantitative estimate of drug-likeness (QED) is 0.570. The van der Waals surface area contributed by atoms with Crippen LogP contribution in [0.15, 0.2) is 54.6 Å². The van der Waals surface area contributed by atoms with Crippen LogP contribution >= 0.6 is 0 Å². The van der Waals surface area contributed by atoms with Gasteiger partial charge in [-0.3, -0.25) is 0 Å². The number of hydrogen-bond donors (Lipinski definition) is 1. The lowest BCUT2D eigenvalue weighted by Gasteiger charge is -2.29. The molecule has 0 aliphatic heterocycles. The summed E-state index contributed by atoms with van der Waals surface area (Å²) in [5, 5.41) is 11.4. The lowest BCUT2D eigenvalue weighted by Crippen LogP contribution is -2.29. The second-order valence-electron chi connectivity index (χ2n) is 7.20. The first-order chi connectivity index (χ1) is 13.1. The molecule has 1 atom stereocenters. The lowest BCUT2D eigenvalue weighted by molar-refractivity contribution is 0.0253. The number of ether oxygens (including phenoxy) is 1. The molecule has 0 spiro atoms. The van der Waals surface area contributed by atoms with Gasteiger partial charge in [-0.05, 0) is 42.8 Å². The van der Waals surface area contributed by atoms with E-state index in [0.29, 0.717) is 13.0 Å². The second-order valence-corrected chi connectivity index (χ2v) is 7.20. The van der Waals surface area contributed by atoms with Crippen LogP contribution < -0.4 is 4.74 Å². The van der Waals surface area contributed by atoms with Crippen LogP contribution in [0.3, 0.4) is 0 Å². The zero-order chi connectivity index (χ0) is 19.5. The molecule has 0 fully saturated rings. The minimum atomic E-state index is -0.836. The first-order valence-electron chi connectivity index (χ1n) is 10.3. The van der Waals surface area contributed by atoms with E-state index in [4.69, 9.17) is 4.74 Å². The molecule has 2 aromatic rings. The molecule has 0 aromatic heterocycles. The molecule has 0 unspecified atom stereocenters. The van der Waals surface area contributed by atoms with Crippen LogP contribution in [-0.4, -0.2) is 36.2 Å². The van der Waals surface area contributed by atoms with Gasteiger partial charge in [0.1, 0.15) is 12.4 Å². The van der Waals surface area contributed by atoms with Gasteiger partial charge in [0.25, 0.3) is 0 Å². The summed E-state index contributed by atoms with van der Waals surface area (Å²) >= 11 is 0. The minimum absolute atomic E-state index is 0.635. The zero-order valence-electron chi connectivity index (χ0n) is 17.2. The Balaban J connectivity index is 2.05. The Labute approximate surface area is 165 Å².